The molecule has 0 bridgehead atoms. The molecule has 2 atom stereocenters. The molecule has 0 aliphatic carbocycles. The fraction of sp³-hybridized carbons (Fsp3) is 0.538. The second kappa shape index (κ2) is 5.71. The van der Waals surface area contributed by atoms with E-state index in [0.29, 0.717) is 0 Å². The largest absolute Gasteiger partial charge is 0.478 e. The molecule has 2 heterocycles. The van der Waals surface area contributed by atoms with Gasteiger partial charge >= 0.3 is 5.97 Å². The van der Waals surface area contributed by atoms with E-state index in [1.807, 2.05) is 6.92 Å². The number of carbonyl (C=O) groups is 2. The molecule has 1 aromatic rings. The molecule has 104 valence electrons. The number of likely N-dealkylation sites (N-methyl/N-ethyl adjacent to an activating group) is 1. The van der Waals surface area contributed by atoms with E-state index in [4.69, 9.17) is 9.84 Å². The van der Waals surface area contributed by atoms with Crippen LogP contribution in [0.1, 0.15) is 40.5 Å². The molecule has 1 amide bonds. The second-order valence-electron chi connectivity index (χ2n) is 4.71. The molecule has 2 unspecified atom stereocenters. The van der Waals surface area contributed by atoms with Crippen LogP contribution in [-0.2, 0) is 4.74 Å². The lowest BCUT2D eigenvalue weighted by Gasteiger charge is -2.29. The first-order valence-electron chi connectivity index (χ1n) is 6.20. The van der Waals surface area contributed by atoms with Crippen molar-refractivity contribution in [1.82, 2.24) is 4.90 Å². The highest BCUT2D eigenvalue weighted by atomic mass is 32.1. The van der Waals surface area contributed by atoms with Crippen molar-refractivity contribution < 1.29 is 19.4 Å². The molecule has 0 spiro atoms. The van der Waals surface area contributed by atoms with Crippen molar-refractivity contribution in [2.75, 3.05) is 13.7 Å². The number of rotatable bonds is 4. The first-order chi connectivity index (χ1) is 9.02. The van der Waals surface area contributed by atoms with E-state index in [0.717, 1.165) is 19.4 Å². The lowest BCUT2D eigenvalue weighted by atomic mass is 10.1. The van der Waals surface area contributed by atoms with E-state index in [1.54, 1.807) is 17.3 Å². The van der Waals surface area contributed by atoms with E-state index in [-0.39, 0.29) is 29.2 Å². The smallest absolute Gasteiger partial charge is 0.337 e. The lowest BCUT2D eigenvalue weighted by Crippen LogP contribution is -2.42. The highest BCUT2D eigenvalue weighted by molar-refractivity contribution is 7.08. The Hall–Kier alpha value is -1.40. The van der Waals surface area contributed by atoms with Gasteiger partial charge < -0.3 is 14.7 Å². The van der Waals surface area contributed by atoms with Gasteiger partial charge in [0.1, 0.15) is 0 Å². The maximum absolute atomic E-state index is 12.3. The topological polar surface area (TPSA) is 66.8 Å². The zero-order valence-corrected chi connectivity index (χ0v) is 11.8. The van der Waals surface area contributed by atoms with Crippen molar-refractivity contribution in [1.29, 1.82) is 0 Å². The van der Waals surface area contributed by atoms with Crippen LogP contribution in [-0.4, -0.2) is 47.7 Å². The Bertz CT molecular complexity index is 479. The predicted octanol–water partition coefficient (Wildman–Crippen LogP) is 2.09. The van der Waals surface area contributed by atoms with Gasteiger partial charge in [0.25, 0.3) is 5.91 Å². The quantitative estimate of drug-likeness (QED) is 0.918. The number of thiophene rings is 1. The van der Waals surface area contributed by atoms with Crippen molar-refractivity contribution in [2.24, 2.45) is 0 Å². The summed E-state index contributed by atoms with van der Waals surface area (Å²) in [6.45, 7) is 2.66. The molecule has 1 aromatic heterocycles. The molecule has 6 heteroatoms. The van der Waals surface area contributed by atoms with Crippen LogP contribution in [0.4, 0.5) is 0 Å². The van der Waals surface area contributed by atoms with Gasteiger partial charge in [-0.25, -0.2) is 4.79 Å². The third kappa shape index (κ3) is 2.79. The SMILES string of the molecule is CC(C1CCCO1)N(C)C(=O)c1cscc1C(=O)O. The molecule has 5 nitrogen and oxygen atoms in total. The summed E-state index contributed by atoms with van der Waals surface area (Å²) in [7, 11) is 1.69. The third-order valence-electron chi connectivity index (χ3n) is 3.56. The third-order valence-corrected chi connectivity index (χ3v) is 4.30. The van der Waals surface area contributed by atoms with E-state index in [9.17, 15) is 9.59 Å². The average molecular weight is 283 g/mol. The molecular weight excluding hydrogens is 266 g/mol. The van der Waals surface area contributed by atoms with Crippen LogP contribution in [0, 0.1) is 0 Å². The molecule has 0 saturated carbocycles. The number of aromatic carboxylic acids is 1. The molecule has 0 aromatic carbocycles. The number of carboxylic acids is 1. The molecule has 1 fully saturated rings. The van der Waals surface area contributed by atoms with Crippen molar-refractivity contribution in [3.05, 3.63) is 21.9 Å². The highest BCUT2D eigenvalue weighted by Gasteiger charge is 2.30. The summed E-state index contributed by atoms with van der Waals surface area (Å²) in [6.07, 6.45) is 1.99. The zero-order valence-electron chi connectivity index (χ0n) is 11.0. The lowest BCUT2D eigenvalue weighted by molar-refractivity contribution is 0.0339. The Labute approximate surface area is 115 Å². The zero-order chi connectivity index (χ0) is 14.0. The van der Waals surface area contributed by atoms with Gasteiger partial charge in [-0.05, 0) is 19.8 Å². The van der Waals surface area contributed by atoms with Crippen LogP contribution < -0.4 is 0 Å². The molecular formula is C13H17NO4S. The summed E-state index contributed by atoms with van der Waals surface area (Å²) >= 11 is 1.22. The Kier molecular flexibility index (Phi) is 4.21. The molecule has 19 heavy (non-hydrogen) atoms. The Morgan fingerprint density at radius 1 is 1.47 bits per heavy atom. The summed E-state index contributed by atoms with van der Waals surface area (Å²) in [5.41, 5.74) is 0.325. The van der Waals surface area contributed by atoms with Crippen LogP contribution in [0.5, 0.6) is 0 Å². The maximum Gasteiger partial charge on any atom is 0.337 e. The number of amides is 1. The second-order valence-corrected chi connectivity index (χ2v) is 5.46. The summed E-state index contributed by atoms with van der Waals surface area (Å²) in [5.74, 6) is -1.33. The van der Waals surface area contributed by atoms with Gasteiger partial charge in [-0.15, -0.1) is 0 Å². The Morgan fingerprint density at radius 3 is 2.74 bits per heavy atom. The van der Waals surface area contributed by atoms with Gasteiger partial charge in [-0.2, -0.15) is 11.3 Å². The Morgan fingerprint density at radius 2 is 2.16 bits per heavy atom. The predicted molar refractivity (Wildman–Crippen MR) is 71.8 cm³/mol. The molecule has 1 N–H and O–H groups in total. The summed E-state index contributed by atoms with van der Waals surface area (Å²) in [6, 6.07) is -0.0588. The van der Waals surface area contributed by atoms with Crippen LogP contribution in [0.15, 0.2) is 10.8 Å². The number of carboxylic acid groups (broad SMARTS) is 1. The first kappa shape index (κ1) is 14.0. The van der Waals surface area contributed by atoms with Crippen LogP contribution in [0.3, 0.4) is 0 Å². The van der Waals surface area contributed by atoms with E-state index >= 15 is 0 Å². The van der Waals surface area contributed by atoms with Crippen molar-refractivity contribution in [3.8, 4) is 0 Å². The number of ether oxygens (including phenoxy) is 1. The van der Waals surface area contributed by atoms with Crippen molar-refractivity contribution >= 4 is 23.2 Å². The molecule has 1 saturated heterocycles. The normalized spacial score (nSPS) is 20.2. The van der Waals surface area contributed by atoms with Crippen LogP contribution in [0.25, 0.3) is 0 Å². The molecule has 0 radical (unpaired) electrons. The number of hydrogen-bond acceptors (Lipinski definition) is 4. The summed E-state index contributed by atoms with van der Waals surface area (Å²) < 4.78 is 5.57. The van der Waals surface area contributed by atoms with Crippen molar-refractivity contribution in [2.45, 2.75) is 31.9 Å². The van der Waals surface area contributed by atoms with Gasteiger partial charge in [-0.3, -0.25) is 4.79 Å². The minimum absolute atomic E-state index is 0.0425. The highest BCUT2D eigenvalue weighted by Crippen LogP contribution is 2.22. The monoisotopic (exact) mass is 283 g/mol. The number of hydrogen-bond donors (Lipinski definition) is 1. The van der Waals surface area contributed by atoms with Gasteiger partial charge in [0.15, 0.2) is 0 Å². The van der Waals surface area contributed by atoms with Gasteiger partial charge in [0.05, 0.1) is 23.3 Å². The Balaban J connectivity index is 2.14. The summed E-state index contributed by atoms with van der Waals surface area (Å²) in [4.78, 5) is 25.0. The minimum atomic E-state index is -1.07. The first-order valence-corrected chi connectivity index (χ1v) is 7.15. The van der Waals surface area contributed by atoms with Crippen LogP contribution >= 0.6 is 11.3 Å². The van der Waals surface area contributed by atoms with Crippen LogP contribution in [0.2, 0.25) is 0 Å². The fourth-order valence-corrected chi connectivity index (χ4v) is 3.03. The average Bonchev–Trinajstić information content (AvgIpc) is 3.06. The molecule has 1 aliphatic rings. The minimum Gasteiger partial charge on any atom is -0.478 e. The number of carbonyl (C=O) groups excluding carboxylic acids is 1. The fourth-order valence-electron chi connectivity index (χ4n) is 2.24. The van der Waals surface area contributed by atoms with E-state index in [2.05, 4.69) is 0 Å². The van der Waals surface area contributed by atoms with E-state index in [1.165, 1.54) is 16.7 Å². The standard InChI is InChI=1S/C13H17NO4S/c1-8(11-4-3-5-18-11)14(2)12(15)9-6-19-7-10(9)13(16)17/h6-8,11H,3-5H2,1-2H3,(H,16,17). The molecule has 2 rings (SSSR count). The maximum atomic E-state index is 12.3. The number of nitrogens with zero attached hydrogens (tertiary/aromatic N) is 1. The summed E-state index contributed by atoms with van der Waals surface area (Å²) in [5, 5.41) is 12.1. The van der Waals surface area contributed by atoms with Gasteiger partial charge in [0, 0.05) is 24.4 Å². The van der Waals surface area contributed by atoms with E-state index < -0.39 is 5.97 Å². The van der Waals surface area contributed by atoms with Gasteiger partial charge in [-0.1, -0.05) is 0 Å². The van der Waals surface area contributed by atoms with Gasteiger partial charge in [0.2, 0.25) is 0 Å². The molecule has 1 aliphatic heterocycles. The van der Waals surface area contributed by atoms with Crippen molar-refractivity contribution in [3.63, 3.8) is 0 Å².